The maximum absolute atomic E-state index is 11.4. The van der Waals surface area contributed by atoms with Crippen molar-refractivity contribution in [2.24, 2.45) is 0 Å². The number of hydrogen-bond acceptors (Lipinski definition) is 5. The first-order chi connectivity index (χ1) is 7.75. The first-order valence-electron chi connectivity index (χ1n) is 4.60. The van der Waals surface area contributed by atoms with Gasteiger partial charge in [-0.3, -0.25) is 0 Å². The van der Waals surface area contributed by atoms with E-state index in [0.29, 0.717) is 5.01 Å². The molecule has 5 heteroatoms. The van der Waals surface area contributed by atoms with E-state index in [1.807, 2.05) is 0 Å². The number of nitrogens with zero attached hydrogens (tertiary/aromatic N) is 1. The number of carbonyl (C=O) groups excluding carboxylic acids is 1. The Morgan fingerprint density at radius 1 is 1.50 bits per heavy atom. The molecule has 1 aromatic heterocycles. The molecule has 16 heavy (non-hydrogen) atoms. The number of phenols is 1. The maximum atomic E-state index is 11.4. The first kappa shape index (κ1) is 10.6. The van der Waals surface area contributed by atoms with Gasteiger partial charge in [-0.05, 0) is 17.7 Å². The van der Waals surface area contributed by atoms with Crippen LogP contribution < -0.4 is 0 Å². The first-order valence-corrected chi connectivity index (χ1v) is 5.48. The number of benzene rings is 1. The minimum atomic E-state index is -0.446. The van der Waals surface area contributed by atoms with E-state index in [1.54, 1.807) is 35.8 Å². The third-order valence-corrected chi connectivity index (χ3v) is 2.64. The van der Waals surface area contributed by atoms with Crippen LogP contribution in [0, 0.1) is 0 Å². The van der Waals surface area contributed by atoms with Gasteiger partial charge in [0.25, 0.3) is 0 Å². The van der Waals surface area contributed by atoms with Crippen LogP contribution in [0.4, 0.5) is 0 Å². The highest BCUT2D eigenvalue weighted by atomic mass is 32.1. The van der Waals surface area contributed by atoms with Gasteiger partial charge in [0, 0.05) is 11.6 Å². The summed E-state index contributed by atoms with van der Waals surface area (Å²) < 4.78 is 5.03. The fraction of sp³-hybridized carbons (Fsp3) is 0.0909. The third-order valence-electron chi connectivity index (χ3n) is 1.89. The summed E-state index contributed by atoms with van der Waals surface area (Å²) >= 11 is 1.23. The minimum Gasteiger partial charge on any atom is -0.508 e. The van der Waals surface area contributed by atoms with Crippen LogP contribution in [0.3, 0.4) is 0 Å². The molecule has 0 saturated heterocycles. The van der Waals surface area contributed by atoms with Gasteiger partial charge in [0.1, 0.15) is 12.4 Å². The van der Waals surface area contributed by atoms with Gasteiger partial charge in [0.15, 0.2) is 0 Å². The van der Waals surface area contributed by atoms with Gasteiger partial charge < -0.3 is 9.84 Å². The number of rotatable bonds is 3. The standard InChI is InChI=1S/C11H9NO3S/c13-9-3-1-2-8(6-9)7-15-11(14)10-12-4-5-16-10/h1-6,13H,7H2. The average Bonchev–Trinajstić information content (AvgIpc) is 2.79. The van der Waals surface area contributed by atoms with Crippen molar-refractivity contribution < 1.29 is 14.6 Å². The summed E-state index contributed by atoms with van der Waals surface area (Å²) in [7, 11) is 0. The Hall–Kier alpha value is -1.88. The molecule has 0 bridgehead atoms. The van der Waals surface area contributed by atoms with Gasteiger partial charge in [-0.2, -0.15) is 0 Å². The number of carbonyl (C=O) groups is 1. The molecule has 0 aliphatic carbocycles. The summed E-state index contributed by atoms with van der Waals surface area (Å²) in [5.74, 6) is -0.291. The highest BCUT2D eigenvalue weighted by Crippen LogP contribution is 2.13. The molecule has 0 amide bonds. The van der Waals surface area contributed by atoms with Gasteiger partial charge in [0.2, 0.25) is 5.01 Å². The van der Waals surface area contributed by atoms with E-state index in [-0.39, 0.29) is 12.4 Å². The largest absolute Gasteiger partial charge is 0.508 e. The lowest BCUT2D eigenvalue weighted by atomic mass is 10.2. The fourth-order valence-electron chi connectivity index (χ4n) is 1.18. The summed E-state index contributed by atoms with van der Waals surface area (Å²) in [6.45, 7) is 0.132. The van der Waals surface area contributed by atoms with E-state index < -0.39 is 5.97 Å². The molecule has 0 radical (unpaired) electrons. The van der Waals surface area contributed by atoms with E-state index >= 15 is 0 Å². The van der Waals surface area contributed by atoms with Crippen LogP contribution in [0.25, 0.3) is 0 Å². The highest BCUT2D eigenvalue weighted by Gasteiger charge is 2.09. The zero-order valence-corrected chi connectivity index (χ0v) is 9.11. The molecule has 0 spiro atoms. The zero-order valence-electron chi connectivity index (χ0n) is 8.29. The summed E-state index contributed by atoms with van der Waals surface area (Å²) in [5.41, 5.74) is 0.741. The molecule has 1 heterocycles. The van der Waals surface area contributed by atoms with Crippen LogP contribution in [0.2, 0.25) is 0 Å². The molecule has 2 aromatic rings. The molecule has 2 rings (SSSR count). The topological polar surface area (TPSA) is 59.4 Å². The van der Waals surface area contributed by atoms with Gasteiger partial charge in [-0.1, -0.05) is 12.1 Å². The quantitative estimate of drug-likeness (QED) is 0.828. The zero-order chi connectivity index (χ0) is 11.4. The Kier molecular flexibility index (Phi) is 3.16. The van der Waals surface area contributed by atoms with E-state index in [2.05, 4.69) is 4.98 Å². The molecule has 1 N–H and O–H groups in total. The SMILES string of the molecule is O=C(OCc1cccc(O)c1)c1nccs1. The number of ether oxygens (including phenoxy) is 1. The fourth-order valence-corrected chi connectivity index (χ4v) is 1.71. The second kappa shape index (κ2) is 4.76. The number of hydrogen-bond donors (Lipinski definition) is 1. The molecular weight excluding hydrogens is 226 g/mol. The molecule has 0 aliphatic rings. The monoisotopic (exact) mass is 235 g/mol. The Morgan fingerprint density at radius 2 is 2.38 bits per heavy atom. The van der Waals surface area contributed by atoms with Crippen molar-refractivity contribution in [3.05, 3.63) is 46.4 Å². The van der Waals surface area contributed by atoms with Crippen LogP contribution in [-0.4, -0.2) is 16.1 Å². The van der Waals surface area contributed by atoms with E-state index in [9.17, 15) is 9.90 Å². The van der Waals surface area contributed by atoms with Crippen LogP contribution in [0.1, 0.15) is 15.4 Å². The maximum Gasteiger partial charge on any atom is 0.367 e. The molecule has 82 valence electrons. The predicted molar refractivity (Wildman–Crippen MR) is 59.3 cm³/mol. The lowest BCUT2D eigenvalue weighted by Gasteiger charge is -2.03. The number of thiazole rings is 1. The second-order valence-corrected chi connectivity index (χ2v) is 3.98. The summed E-state index contributed by atoms with van der Waals surface area (Å²) in [6, 6.07) is 6.58. The minimum absolute atomic E-state index is 0.132. The Morgan fingerprint density at radius 3 is 3.06 bits per heavy atom. The van der Waals surface area contributed by atoms with Crippen molar-refractivity contribution in [2.75, 3.05) is 0 Å². The molecule has 4 nitrogen and oxygen atoms in total. The normalized spacial score (nSPS) is 10.0. The van der Waals surface area contributed by atoms with Crippen molar-refractivity contribution in [3.8, 4) is 5.75 Å². The van der Waals surface area contributed by atoms with Crippen molar-refractivity contribution in [1.82, 2.24) is 4.98 Å². The van der Waals surface area contributed by atoms with Gasteiger partial charge >= 0.3 is 5.97 Å². The highest BCUT2D eigenvalue weighted by molar-refractivity contribution is 7.11. The molecular formula is C11H9NO3S. The summed E-state index contributed by atoms with van der Waals surface area (Å²) in [4.78, 5) is 15.3. The van der Waals surface area contributed by atoms with Crippen LogP contribution in [-0.2, 0) is 11.3 Å². The lowest BCUT2D eigenvalue weighted by Crippen LogP contribution is -2.04. The van der Waals surface area contributed by atoms with Crippen molar-refractivity contribution in [1.29, 1.82) is 0 Å². The molecule has 0 saturated carbocycles. The van der Waals surface area contributed by atoms with Crippen molar-refractivity contribution in [2.45, 2.75) is 6.61 Å². The summed E-state index contributed by atoms with van der Waals surface area (Å²) in [5, 5.41) is 11.3. The average molecular weight is 235 g/mol. The molecule has 0 atom stereocenters. The second-order valence-electron chi connectivity index (χ2n) is 3.08. The summed E-state index contributed by atoms with van der Waals surface area (Å²) in [6.07, 6.45) is 1.55. The molecule has 1 aromatic carbocycles. The molecule has 0 fully saturated rings. The number of phenolic OH excluding ortho intramolecular Hbond substituents is 1. The van der Waals surface area contributed by atoms with Gasteiger partial charge in [0.05, 0.1) is 0 Å². The van der Waals surface area contributed by atoms with E-state index in [0.717, 1.165) is 5.56 Å². The third kappa shape index (κ3) is 2.58. The Bertz CT molecular complexity index is 482. The van der Waals surface area contributed by atoms with Crippen molar-refractivity contribution in [3.63, 3.8) is 0 Å². The van der Waals surface area contributed by atoms with Gasteiger partial charge in [-0.25, -0.2) is 9.78 Å². The number of aromatic nitrogens is 1. The van der Waals surface area contributed by atoms with Gasteiger partial charge in [-0.15, -0.1) is 11.3 Å². The Balaban J connectivity index is 1.95. The molecule has 0 unspecified atom stereocenters. The van der Waals surface area contributed by atoms with E-state index in [1.165, 1.54) is 11.3 Å². The van der Waals surface area contributed by atoms with Crippen LogP contribution >= 0.6 is 11.3 Å². The van der Waals surface area contributed by atoms with E-state index in [4.69, 9.17) is 4.74 Å². The number of esters is 1. The predicted octanol–water partition coefficient (Wildman–Crippen LogP) is 2.21. The lowest BCUT2D eigenvalue weighted by molar-refractivity contribution is 0.0472. The molecule has 0 aliphatic heterocycles. The van der Waals surface area contributed by atoms with Crippen molar-refractivity contribution >= 4 is 17.3 Å². The smallest absolute Gasteiger partial charge is 0.367 e. The number of aromatic hydroxyl groups is 1. The van der Waals surface area contributed by atoms with Crippen LogP contribution in [0.5, 0.6) is 5.75 Å². The Labute approximate surface area is 96.1 Å². The van der Waals surface area contributed by atoms with Crippen LogP contribution in [0.15, 0.2) is 35.8 Å².